The summed E-state index contributed by atoms with van der Waals surface area (Å²) in [4.78, 5) is 23.2. The third kappa shape index (κ3) is 4.88. The van der Waals surface area contributed by atoms with Crippen LogP contribution in [-0.2, 0) is 24.2 Å². The molecule has 0 bridgehead atoms. The number of hydrogen-bond donors (Lipinski definition) is 1. The second-order valence-electron chi connectivity index (χ2n) is 7.87. The van der Waals surface area contributed by atoms with Gasteiger partial charge in [0.2, 0.25) is 11.8 Å². The number of methoxy groups -OCH3 is 1. The number of aryl methyl sites for hydroxylation is 3. The Kier molecular flexibility index (Phi) is 7.40. The molecule has 0 aromatic carbocycles. The van der Waals surface area contributed by atoms with Crippen LogP contribution in [0, 0.1) is 6.92 Å². The standard InChI is InChI=1S/C23H28N6O2.H2S/c1-5-19-23(30)27-22-15(2)26-18(11-20(22)28(19)3)7-6-17-12-25-29(14-17)13-16-8-9-24-21(10-16)31-4;/h8-12,14,19H,5-7,13H2,1-4H3,(H,27,30);1H2/t19-;/m0./s1. The van der Waals surface area contributed by atoms with Crippen LogP contribution in [0.1, 0.15) is 35.9 Å². The van der Waals surface area contributed by atoms with Gasteiger partial charge in [0.25, 0.3) is 0 Å². The van der Waals surface area contributed by atoms with Gasteiger partial charge < -0.3 is 15.0 Å². The van der Waals surface area contributed by atoms with Gasteiger partial charge in [-0.2, -0.15) is 18.6 Å². The molecule has 32 heavy (non-hydrogen) atoms. The number of rotatable bonds is 7. The largest absolute Gasteiger partial charge is 0.481 e. The number of nitrogens with one attached hydrogen (secondary N) is 1. The number of hydrogen-bond acceptors (Lipinski definition) is 6. The summed E-state index contributed by atoms with van der Waals surface area (Å²) < 4.78 is 7.11. The van der Waals surface area contributed by atoms with Crippen molar-refractivity contribution in [3.63, 3.8) is 0 Å². The van der Waals surface area contributed by atoms with Crippen LogP contribution in [0.3, 0.4) is 0 Å². The van der Waals surface area contributed by atoms with E-state index >= 15 is 0 Å². The van der Waals surface area contributed by atoms with E-state index in [1.165, 1.54) is 0 Å². The van der Waals surface area contributed by atoms with Gasteiger partial charge in [-0.1, -0.05) is 6.92 Å². The summed E-state index contributed by atoms with van der Waals surface area (Å²) in [5, 5.41) is 7.51. The molecule has 4 heterocycles. The molecule has 170 valence electrons. The molecule has 1 aliphatic heterocycles. The maximum absolute atomic E-state index is 12.3. The number of amides is 1. The van der Waals surface area contributed by atoms with Crippen molar-refractivity contribution in [3.8, 4) is 5.88 Å². The topological polar surface area (TPSA) is 85.2 Å². The van der Waals surface area contributed by atoms with E-state index in [9.17, 15) is 4.79 Å². The van der Waals surface area contributed by atoms with E-state index in [4.69, 9.17) is 9.72 Å². The normalized spacial score (nSPS) is 15.1. The number of carbonyl (C=O) groups is 1. The predicted octanol–water partition coefficient (Wildman–Crippen LogP) is 3.10. The van der Waals surface area contributed by atoms with Crippen molar-refractivity contribution in [3.05, 3.63) is 59.3 Å². The number of fused-ring (bicyclic) bond motifs is 1. The minimum absolute atomic E-state index is 0. The minimum Gasteiger partial charge on any atom is -0.481 e. The van der Waals surface area contributed by atoms with Crippen molar-refractivity contribution in [2.45, 2.75) is 45.7 Å². The van der Waals surface area contributed by atoms with Gasteiger partial charge in [0.15, 0.2) is 0 Å². The third-order valence-corrected chi connectivity index (χ3v) is 5.73. The predicted molar refractivity (Wildman–Crippen MR) is 130 cm³/mol. The maximum atomic E-state index is 12.3. The Morgan fingerprint density at radius 1 is 1.22 bits per heavy atom. The van der Waals surface area contributed by atoms with Gasteiger partial charge >= 0.3 is 0 Å². The quantitative estimate of drug-likeness (QED) is 0.591. The van der Waals surface area contributed by atoms with Gasteiger partial charge in [0.1, 0.15) is 6.04 Å². The van der Waals surface area contributed by atoms with Gasteiger partial charge in [-0.3, -0.25) is 14.5 Å². The fourth-order valence-corrected chi connectivity index (χ4v) is 4.03. The highest BCUT2D eigenvalue weighted by Crippen LogP contribution is 2.34. The van der Waals surface area contributed by atoms with Gasteiger partial charge in [-0.25, -0.2) is 4.98 Å². The second kappa shape index (κ2) is 10.0. The Balaban J connectivity index is 0.00000289. The van der Waals surface area contributed by atoms with Crippen LogP contribution in [0.2, 0.25) is 0 Å². The van der Waals surface area contributed by atoms with Crippen molar-refractivity contribution in [1.82, 2.24) is 19.7 Å². The van der Waals surface area contributed by atoms with Crippen LogP contribution in [0.4, 0.5) is 11.4 Å². The second-order valence-corrected chi connectivity index (χ2v) is 7.87. The highest BCUT2D eigenvalue weighted by atomic mass is 32.1. The molecular formula is C23H30N6O2S. The zero-order chi connectivity index (χ0) is 22.0. The van der Waals surface area contributed by atoms with Gasteiger partial charge in [0, 0.05) is 31.2 Å². The summed E-state index contributed by atoms with van der Waals surface area (Å²) in [7, 11) is 3.59. The first-order valence-corrected chi connectivity index (χ1v) is 10.5. The molecule has 3 aromatic heterocycles. The van der Waals surface area contributed by atoms with E-state index in [2.05, 4.69) is 32.6 Å². The lowest BCUT2D eigenvalue weighted by atomic mass is 10.0. The summed E-state index contributed by atoms with van der Waals surface area (Å²) >= 11 is 0. The van der Waals surface area contributed by atoms with Crippen LogP contribution < -0.4 is 15.0 Å². The van der Waals surface area contributed by atoms with E-state index in [1.807, 2.05) is 43.9 Å². The van der Waals surface area contributed by atoms with Crippen LogP contribution in [0.25, 0.3) is 0 Å². The molecule has 8 nitrogen and oxygen atoms in total. The first-order chi connectivity index (χ1) is 15.0. The number of pyridine rings is 2. The van der Waals surface area contributed by atoms with Crippen LogP contribution in [-0.4, -0.2) is 45.9 Å². The zero-order valence-electron chi connectivity index (χ0n) is 18.9. The average Bonchev–Trinajstić information content (AvgIpc) is 3.21. The van der Waals surface area contributed by atoms with E-state index in [1.54, 1.807) is 13.3 Å². The van der Waals surface area contributed by atoms with E-state index in [0.29, 0.717) is 12.4 Å². The number of anilines is 2. The molecule has 0 saturated carbocycles. The van der Waals surface area contributed by atoms with Crippen molar-refractivity contribution in [2.75, 3.05) is 24.4 Å². The molecule has 1 aliphatic rings. The molecule has 3 aromatic rings. The molecule has 0 spiro atoms. The summed E-state index contributed by atoms with van der Waals surface area (Å²) in [6, 6.07) is 5.83. The molecule has 1 atom stereocenters. The lowest BCUT2D eigenvalue weighted by Crippen LogP contribution is -2.46. The number of carbonyl (C=O) groups excluding carboxylic acids is 1. The van der Waals surface area contributed by atoms with Gasteiger partial charge in [0.05, 0.1) is 36.9 Å². The van der Waals surface area contributed by atoms with Crippen molar-refractivity contribution >= 4 is 30.8 Å². The van der Waals surface area contributed by atoms with E-state index in [-0.39, 0.29) is 25.4 Å². The number of likely N-dealkylation sites (N-methyl/N-ethyl adjacent to an activating group) is 1. The smallest absolute Gasteiger partial charge is 0.247 e. The third-order valence-electron chi connectivity index (χ3n) is 5.73. The molecule has 0 fully saturated rings. The highest BCUT2D eigenvalue weighted by Gasteiger charge is 2.30. The summed E-state index contributed by atoms with van der Waals surface area (Å²) in [5.41, 5.74) is 5.97. The minimum atomic E-state index is -0.146. The van der Waals surface area contributed by atoms with Crippen LogP contribution >= 0.6 is 13.5 Å². The van der Waals surface area contributed by atoms with E-state index in [0.717, 1.165) is 53.2 Å². The fraction of sp³-hybridized carbons (Fsp3) is 0.391. The zero-order valence-corrected chi connectivity index (χ0v) is 19.9. The maximum Gasteiger partial charge on any atom is 0.247 e. The Bertz CT molecular complexity index is 1100. The van der Waals surface area contributed by atoms with Crippen molar-refractivity contribution in [1.29, 1.82) is 0 Å². The first kappa shape index (κ1) is 23.6. The molecule has 0 unspecified atom stereocenters. The van der Waals surface area contributed by atoms with Crippen LogP contribution in [0.5, 0.6) is 5.88 Å². The van der Waals surface area contributed by atoms with E-state index < -0.39 is 0 Å². The molecule has 0 radical (unpaired) electrons. The number of aromatic nitrogens is 4. The molecule has 1 N–H and O–H groups in total. The van der Waals surface area contributed by atoms with Gasteiger partial charge in [-0.05, 0) is 49.4 Å². The summed E-state index contributed by atoms with van der Waals surface area (Å²) in [6.07, 6.45) is 8.13. The Morgan fingerprint density at radius 2 is 2.03 bits per heavy atom. The van der Waals surface area contributed by atoms with Crippen LogP contribution in [0.15, 0.2) is 36.8 Å². The molecule has 9 heteroatoms. The van der Waals surface area contributed by atoms with Crippen molar-refractivity contribution < 1.29 is 9.53 Å². The summed E-state index contributed by atoms with van der Waals surface area (Å²) in [6.45, 7) is 4.64. The Labute approximate surface area is 195 Å². The SMILES string of the molecule is CC[C@H]1C(=O)Nc2c(cc(CCc3cnn(Cc4ccnc(OC)c4)c3)nc2C)N1C.S. The number of nitrogens with zero attached hydrogens (tertiary/aromatic N) is 5. The van der Waals surface area contributed by atoms with Gasteiger partial charge in [-0.15, -0.1) is 0 Å². The molecule has 1 amide bonds. The monoisotopic (exact) mass is 454 g/mol. The molecule has 0 saturated heterocycles. The first-order valence-electron chi connectivity index (χ1n) is 10.5. The fourth-order valence-electron chi connectivity index (χ4n) is 4.03. The Morgan fingerprint density at radius 3 is 2.78 bits per heavy atom. The summed E-state index contributed by atoms with van der Waals surface area (Å²) in [5.74, 6) is 0.639. The van der Waals surface area contributed by atoms with Crippen molar-refractivity contribution in [2.24, 2.45) is 0 Å². The Hall–Kier alpha value is -3.07. The number of ether oxygens (including phenoxy) is 1. The lowest BCUT2D eigenvalue weighted by Gasteiger charge is -2.35. The highest BCUT2D eigenvalue weighted by molar-refractivity contribution is 7.59. The molecule has 0 aliphatic carbocycles. The molecule has 4 rings (SSSR count). The average molecular weight is 455 g/mol. The lowest BCUT2D eigenvalue weighted by molar-refractivity contribution is -0.117. The molecular weight excluding hydrogens is 424 g/mol.